The molecule has 0 unspecified atom stereocenters. The number of hydrogen-bond donors (Lipinski definition) is 1. The van der Waals surface area contributed by atoms with E-state index in [1.165, 1.54) is 11.8 Å². The number of aryl methyl sites for hydroxylation is 1. The highest BCUT2D eigenvalue weighted by molar-refractivity contribution is 8.16. The highest BCUT2D eigenvalue weighted by atomic mass is 32.2. The molecule has 0 saturated heterocycles. The van der Waals surface area contributed by atoms with Crippen LogP contribution in [0.1, 0.15) is 92.5 Å². The summed E-state index contributed by atoms with van der Waals surface area (Å²) in [5.74, 6) is 0.483. The lowest BCUT2D eigenvalue weighted by molar-refractivity contribution is -0.123. The van der Waals surface area contributed by atoms with Crippen LogP contribution in [0.3, 0.4) is 0 Å². The van der Waals surface area contributed by atoms with E-state index in [4.69, 9.17) is 9.73 Å². The van der Waals surface area contributed by atoms with E-state index in [0.717, 1.165) is 44.7 Å². The van der Waals surface area contributed by atoms with E-state index in [2.05, 4.69) is 72.7 Å². The molecule has 2 heterocycles. The lowest BCUT2D eigenvalue weighted by atomic mass is 9.69. The van der Waals surface area contributed by atoms with Gasteiger partial charge in [0.05, 0.1) is 0 Å². The monoisotopic (exact) mass is 589 g/mol. The van der Waals surface area contributed by atoms with E-state index in [-0.39, 0.29) is 16.7 Å². The van der Waals surface area contributed by atoms with Crippen LogP contribution in [0, 0.1) is 6.92 Å². The van der Waals surface area contributed by atoms with Gasteiger partial charge in [-0.2, -0.15) is 0 Å². The van der Waals surface area contributed by atoms with Crippen molar-refractivity contribution in [3.63, 3.8) is 0 Å². The van der Waals surface area contributed by atoms with Crippen molar-refractivity contribution in [1.82, 2.24) is 0 Å². The molecule has 0 aromatic heterocycles. The normalized spacial score (nSPS) is 21.8. The van der Waals surface area contributed by atoms with Crippen LogP contribution in [0.4, 0.5) is 0 Å². The van der Waals surface area contributed by atoms with Crippen LogP contribution in [-0.4, -0.2) is 20.8 Å². The number of hydrogen-bond acceptors (Lipinski definition) is 4. The van der Waals surface area contributed by atoms with Crippen molar-refractivity contribution in [2.75, 3.05) is 0 Å². The van der Waals surface area contributed by atoms with E-state index >= 15 is 0 Å². The first kappa shape index (κ1) is 29.3. The molecule has 2 aliphatic heterocycles. The summed E-state index contributed by atoms with van der Waals surface area (Å²) in [5, 5.41) is 12.3. The summed E-state index contributed by atoms with van der Waals surface area (Å²) in [6.45, 7) is 14.8. The van der Waals surface area contributed by atoms with E-state index in [0.29, 0.717) is 10.8 Å². The molecule has 4 aromatic rings. The van der Waals surface area contributed by atoms with Gasteiger partial charge >= 0.3 is 0 Å². The quantitative estimate of drug-likeness (QED) is 0.259. The van der Waals surface area contributed by atoms with E-state index in [1.807, 2.05) is 66.7 Å². The third-order valence-corrected chi connectivity index (χ3v) is 10.0. The first-order valence-corrected chi connectivity index (χ1v) is 15.7. The number of carbonyl (C=O) groups is 1. The number of rotatable bonds is 3. The van der Waals surface area contributed by atoms with Crippen molar-refractivity contribution >= 4 is 22.7 Å². The molecule has 2 aliphatic rings. The van der Waals surface area contributed by atoms with Gasteiger partial charge in [0.2, 0.25) is 0 Å². The Kier molecular flexibility index (Phi) is 7.08. The first-order valence-electron chi connectivity index (χ1n) is 14.9. The Morgan fingerprint density at radius 2 is 1.37 bits per heavy atom. The molecule has 4 nitrogen and oxygen atoms in total. The van der Waals surface area contributed by atoms with Crippen molar-refractivity contribution in [3.8, 4) is 11.5 Å². The standard InChI is InChI=1S/C38H39NO3S/c1-23-18-19-30-27(20-23)31(26-21-28(36(2,3)4)32(40)29(22-26)37(5,6)7)38(33(42-30)24-14-10-8-11-15-24)35(41)39-34(43-38)25-16-12-9-13-17-25/h8-22,31,33,40H,1-7H3/t31-,33-,38-/m1/s1. The summed E-state index contributed by atoms with van der Waals surface area (Å²) in [5.41, 5.74) is 5.94. The third-order valence-electron chi connectivity index (χ3n) is 8.55. The van der Waals surface area contributed by atoms with E-state index < -0.39 is 16.8 Å². The molecule has 5 heteroatoms. The van der Waals surface area contributed by atoms with E-state index in [9.17, 15) is 9.90 Å². The molecule has 0 aliphatic carbocycles. The van der Waals surface area contributed by atoms with Gasteiger partial charge in [0, 0.05) is 17.0 Å². The van der Waals surface area contributed by atoms with Crippen molar-refractivity contribution < 1.29 is 14.6 Å². The minimum absolute atomic E-state index is 0.204. The summed E-state index contributed by atoms with van der Waals surface area (Å²) >= 11 is 1.51. The van der Waals surface area contributed by atoms with Gasteiger partial charge in [-0.1, -0.05) is 144 Å². The molecular formula is C38H39NO3S. The van der Waals surface area contributed by atoms with Crippen LogP contribution in [0.5, 0.6) is 11.5 Å². The molecule has 4 aromatic carbocycles. The van der Waals surface area contributed by atoms with Crippen LogP contribution >= 0.6 is 11.8 Å². The zero-order chi connectivity index (χ0) is 30.7. The fraction of sp³-hybridized carbons (Fsp3) is 0.316. The molecule has 3 atom stereocenters. The smallest absolute Gasteiger partial charge is 0.268 e. The van der Waals surface area contributed by atoms with Crippen LogP contribution in [0.15, 0.2) is 96.0 Å². The first-order chi connectivity index (χ1) is 20.3. The average molecular weight is 590 g/mol. The van der Waals surface area contributed by atoms with Gasteiger partial charge in [-0.15, -0.1) is 0 Å². The topological polar surface area (TPSA) is 58.9 Å². The second kappa shape index (κ2) is 10.4. The van der Waals surface area contributed by atoms with Gasteiger partial charge in [-0.3, -0.25) is 4.79 Å². The molecule has 1 spiro atoms. The Hall–Kier alpha value is -3.83. The maximum atomic E-state index is 14.7. The fourth-order valence-electron chi connectivity index (χ4n) is 6.39. The lowest BCUT2D eigenvalue weighted by Crippen LogP contribution is -2.49. The number of amides is 1. The number of benzene rings is 4. The molecule has 0 bridgehead atoms. The molecule has 1 amide bonds. The summed E-state index contributed by atoms with van der Waals surface area (Å²) in [4.78, 5) is 19.4. The number of phenolic OH excluding ortho intramolecular Hbond substituents is 1. The largest absolute Gasteiger partial charge is 0.507 e. The highest BCUT2D eigenvalue weighted by Gasteiger charge is 2.62. The SMILES string of the molecule is Cc1ccc2c(c1)[C@@H](c1cc(C(C)(C)C)c(O)c(C(C)(C)C)c1)[C@@]1(SC(c3ccccc3)=NC1=O)[C@@H](c1ccccc1)O2. The average Bonchev–Trinajstić information content (AvgIpc) is 3.29. The van der Waals surface area contributed by atoms with Crippen LogP contribution < -0.4 is 4.74 Å². The predicted octanol–water partition coefficient (Wildman–Crippen LogP) is 9.02. The summed E-state index contributed by atoms with van der Waals surface area (Å²) in [7, 11) is 0. The minimum Gasteiger partial charge on any atom is -0.507 e. The molecular weight excluding hydrogens is 550 g/mol. The fourth-order valence-corrected chi connectivity index (χ4v) is 7.90. The number of phenols is 1. The molecule has 0 radical (unpaired) electrons. The maximum Gasteiger partial charge on any atom is 0.268 e. The number of carbonyl (C=O) groups excluding carboxylic acids is 1. The van der Waals surface area contributed by atoms with Gasteiger partial charge in [0.15, 0.2) is 4.75 Å². The Bertz CT molecular complexity index is 1700. The van der Waals surface area contributed by atoms with Crippen molar-refractivity contribution in [3.05, 3.63) is 130 Å². The second-order valence-corrected chi connectivity index (χ2v) is 15.1. The van der Waals surface area contributed by atoms with Crippen LogP contribution in [-0.2, 0) is 15.6 Å². The van der Waals surface area contributed by atoms with Gasteiger partial charge in [0.1, 0.15) is 22.6 Å². The number of aromatic hydroxyl groups is 1. The summed E-state index contributed by atoms with van der Waals surface area (Å²) < 4.78 is 5.76. The summed E-state index contributed by atoms with van der Waals surface area (Å²) in [6.07, 6.45) is -0.596. The Labute approximate surface area is 259 Å². The predicted molar refractivity (Wildman–Crippen MR) is 177 cm³/mol. The number of nitrogens with zero attached hydrogens (tertiary/aromatic N) is 1. The zero-order valence-electron chi connectivity index (χ0n) is 25.9. The van der Waals surface area contributed by atoms with Gasteiger partial charge in [-0.05, 0) is 46.1 Å². The lowest BCUT2D eigenvalue weighted by Gasteiger charge is -2.46. The van der Waals surface area contributed by atoms with Crippen molar-refractivity contribution in [2.45, 2.75) is 76.1 Å². The van der Waals surface area contributed by atoms with Crippen LogP contribution in [0.2, 0.25) is 0 Å². The molecule has 220 valence electrons. The van der Waals surface area contributed by atoms with Crippen LogP contribution in [0.25, 0.3) is 0 Å². The van der Waals surface area contributed by atoms with Crippen molar-refractivity contribution in [1.29, 1.82) is 0 Å². The van der Waals surface area contributed by atoms with E-state index in [1.54, 1.807) is 0 Å². The van der Waals surface area contributed by atoms with Gasteiger partial charge in [-0.25, -0.2) is 4.99 Å². The second-order valence-electron chi connectivity index (χ2n) is 13.8. The molecule has 1 N–H and O–H groups in total. The third kappa shape index (κ3) is 4.98. The number of fused-ring (bicyclic) bond motifs is 1. The Morgan fingerprint density at radius 1 is 0.791 bits per heavy atom. The Morgan fingerprint density at radius 3 is 1.95 bits per heavy atom. The summed E-state index contributed by atoms with van der Waals surface area (Å²) in [6, 6.07) is 30.4. The van der Waals surface area contributed by atoms with Crippen molar-refractivity contribution in [2.24, 2.45) is 4.99 Å². The molecule has 0 saturated carbocycles. The number of thioether (sulfide) groups is 1. The number of ether oxygens (including phenoxy) is 1. The van der Waals surface area contributed by atoms with Gasteiger partial charge < -0.3 is 9.84 Å². The molecule has 43 heavy (non-hydrogen) atoms. The van der Waals surface area contributed by atoms with Gasteiger partial charge in [0.25, 0.3) is 5.91 Å². The Balaban J connectivity index is 1.69. The minimum atomic E-state index is -1.12. The molecule has 0 fully saturated rings. The maximum absolute atomic E-state index is 14.7. The highest BCUT2D eigenvalue weighted by Crippen LogP contribution is 2.62. The number of aliphatic imine (C=N–C) groups is 1. The zero-order valence-corrected chi connectivity index (χ0v) is 26.8. The molecule has 6 rings (SSSR count).